The number of carbonyl (C=O) groups excluding carboxylic acids is 1. The molecule has 0 aliphatic carbocycles. The molecule has 0 radical (unpaired) electrons. The molecule has 134 valence electrons. The number of fused-ring (bicyclic) bond motifs is 1. The van der Waals surface area contributed by atoms with Gasteiger partial charge in [-0.2, -0.15) is 0 Å². The highest BCUT2D eigenvalue weighted by atomic mass is 16.3. The van der Waals surface area contributed by atoms with Crippen LogP contribution in [0.15, 0.2) is 77.4 Å². The third kappa shape index (κ3) is 3.82. The van der Waals surface area contributed by atoms with Crippen LogP contribution in [0.3, 0.4) is 0 Å². The highest BCUT2D eigenvalue weighted by Crippen LogP contribution is 2.26. The summed E-state index contributed by atoms with van der Waals surface area (Å²) in [5.74, 6) is 0.345. The van der Waals surface area contributed by atoms with Crippen LogP contribution >= 0.6 is 0 Å². The summed E-state index contributed by atoms with van der Waals surface area (Å²) in [6.45, 7) is 2.48. The first kappa shape index (κ1) is 16.8. The lowest BCUT2D eigenvalue weighted by molar-refractivity contribution is 0.0946. The van der Waals surface area contributed by atoms with Gasteiger partial charge in [-0.05, 0) is 30.7 Å². The molecule has 0 atom stereocenters. The van der Waals surface area contributed by atoms with Gasteiger partial charge < -0.3 is 15.1 Å². The van der Waals surface area contributed by atoms with Crippen LogP contribution in [0, 0.1) is 6.92 Å². The van der Waals surface area contributed by atoms with E-state index in [0.717, 1.165) is 16.6 Å². The zero-order valence-electron chi connectivity index (χ0n) is 14.9. The molecule has 0 unspecified atom stereocenters. The second-order valence-electron chi connectivity index (χ2n) is 6.35. The molecule has 4 aromatic rings. The van der Waals surface area contributed by atoms with Crippen molar-refractivity contribution in [3.8, 4) is 0 Å². The van der Waals surface area contributed by atoms with E-state index in [0.29, 0.717) is 23.6 Å². The molecule has 0 saturated heterocycles. The summed E-state index contributed by atoms with van der Waals surface area (Å²) < 4.78 is 5.50. The molecule has 27 heavy (non-hydrogen) atoms. The Morgan fingerprint density at radius 2 is 1.81 bits per heavy atom. The molecule has 0 aliphatic rings. The standard InChI is InChI=1S/C22H19N3O2/c1-15-7-9-16(10-8-15)14-23-22(26)19-13-20-18(11-12-27-20)21(25-19)24-17-5-3-2-4-6-17/h2-13H,14H2,1H3,(H,23,26)(H,24,25). The van der Waals surface area contributed by atoms with Crippen molar-refractivity contribution in [3.63, 3.8) is 0 Å². The number of nitrogens with one attached hydrogen (secondary N) is 2. The average molecular weight is 357 g/mol. The van der Waals surface area contributed by atoms with E-state index in [9.17, 15) is 4.79 Å². The number of aryl methyl sites for hydroxylation is 1. The lowest BCUT2D eigenvalue weighted by atomic mass is 10.1. The number of aromatic nitrogens is 1. The molecule has 2 aromatic carbocycles. The van der Waals surface area contributed by atoms with Crippen molar-refractivity contribution in [2.45, 2.75) is 13.5 Å². The maximum atomic E-state index is 12.6. The zero-order chi connectivity index (χ0) is 18.6. The SMILES string of the molecule is Cc1ccc(CNC(=O)c2cc3occc3c(Nc3ccccc3)n2)cc1. The number of carbonyl (C=O) groups is 1. The van der Waals surface area contributed by atoms with Crippen molar-refractivity contribution in [2.75, 3.05) is 5.32 Å². The molecule has 0 bridgehead atoms. The predicted molar refractivity (Wildman–Crippen MR) is 106 cm³/mol. The number of rotatable bonds is 5. The average Bonchev–Trinajstić information content (AvgIpc) is 3.17. The Morgan fingerprint density at radius 3 is 2.59 bits per heavy atom. The first-order valence-corrected chi connectivity index (χ1v) is 8.73. The highest BCUT2D eigenvalue weighted by molar-refractivity contribution is 5.99. The fraction of sp³-hybridized carbons (Fsp3) is 0.0909. The highest BCUT2D eigenvalue weighted by Gasteiger charge is 2.14. The van der Waals surface area contributed by atoms with Crippen molar-refractivity contribution < 1.29 is 9.21 Å². The Kier molecular flexibility index (Phi) is 4.58. The first-order chi connectivity index (χ1) is 13.2. The molecule has 4 rings (SSSR count). The minimum atomic E-state index is -0.245. The van der Waals surface area contributed by atoms with Crippen molar-refractivity contribution in [1.29, 1.82) is 0 Å². The summed E-state index contributed by atoms with van der Waals surface area (Å²) in [4.78, 5) is 17.1. The van der Waals surface area contributed by atoms with Gasteiger partial charge in [0.2, 0.25) is 0 Å². The van der Waals surface area contributed by atoms with Crippen LogP contribution in [0.25, 0.3) is 11.0 Å². The van der Waals surface area contributed by atoms with Gasteiger partial charge in [0.25, 0.3) is 5.91 Å². The molecule has 2 heterocycles. The number of anilines is 2. The predicted octanol–water partition coefficient (Wildman–Crippen LogP) is 4.81. The van der Waals surface area contributed by atoms with Gasteiger partial charge in [-0.15, -0.1) is 0 Å². The monoisotopic (exact) mass is 357 g/mol. The van der Waals surface area contributed by atoms with E-state index < -0.39 is 0 Å². The molecule has 0 fully saturated rings. The van der Waals surface area contributed by atoms with E-state index in [1.165, 1.54) is 5.56 Å². The Labute approximate surface area is 157 Å². The normalized spacial score (nSPS) is 10.7. The first-order valence-electron chi connectivity index (χ1n) is 8.73. The largest absolute Gasteiger partial charge is 0.464 e. The number of hydrogen-bond acceptors (Lipinski definition) is 4. The molecule has 0 aliphatic heterocycles. The summed E-state index contributed by atoms with van der Waals surface area (Å²) in [5, 5.41) is 7.00. The van der Waals surface area contributed by atoms with E-state index in [1.807, 2.05) is 67.6 Å². The Balaban J connectivity index is 1.57. The smallest absolute Gasteiger partial charge is 0.270 e. The number of furan rings is 1. The summed E-state index contributed by atoms with van der Waals surface area (Å²) in [6.07, 6.45) is 1.59. The number of benzene rings is 2. The molecule has 0 saturated carbocycles. The van der Waals surface area contributed by atoms with Gasteiger partial charge in [0.05, 0.1) is 11.6 Å². The van der Waals surface area contributed by atoms with Crippen LogP contribution in [0.1, 0.15) is 21.6 Å². The van der Waals surface area contributed by atoms with Crippen LogP contribution in [0.4, 0.5) is 11.5 Å². The van der Waals surface area contributed by atoms with E-state index in [-0.39, 0.29) is 5.91 Å². The molecular weight excluding hydrogens is 338 g/mol. The fourth-order valence-corrected chi connectivity index (χ4v) is 2.81. The number of pyridine rings is 1. The maximum absolute atomic E-state index is 12.6. The number of para-hydroxylation sites is 1. The van der Waals surface area contributed by atoms with Crippen molar-refractivity contribution >= 4 is 28.4 Å². The summed E-state index contributed by atoms with van der Waals surface area (Å²) in [7, 11) is 0. The lowest BCUT2D eigenvalue weighted by Crippen LogP contribution is -2.24. The van der Waals surface area contributed by atoms with Crippen molar-refractivity contribution in [1.82, 2.24) is 10.3 Å². The third-order valence-electron chi connectivity index (χ3n) is 4.29. The van der Waals surface area contributed by atoms with Gasteiger partial charge in [0.15, 0.2) is 0 Å². The van der Waals surface area contributed by atoms with E-state index in [2.05, 4.69) is 15.6 Å². The molecule has 5 nitrogen and oxygen atoms in total. The molecular formula is C22H19N3O2. The minimum absolute atomic E-state index is 0.245. The molecule has 2 N–H and O–H groups in total. The Morgan fingerprint density at radius 1 is 1.04 bits per heavy atom. The van der Waals surface area contributed by atoms with Gasteiger partial charge >= 0.3 is 0 Å². The van der Waals surface area contributed by atoms with Crippen LogP contribution < -0.4 is 10.6 Å². The zero-order valence-corrected chi connectivity index (χ0v) is 14.9. The van der Waals surface area contributed by atoms with Gasteiger partial charge in [-0.1, -0.05) is 48.0 Å². The summed E-state index contributed by atoms with van der Waals surface area (Å²) in [6, 6.07) is 21.3. The second-order valence-corrected chi connectivity index (χ2v) is 6.35. The van der Waals surface area contributed by atoms with Gasteiger partial charge in [0, 0.05) is 18.3 Å². The van der Waals surface area contributed by atoms with Crippen molar-refractivity contribution in [3.05, 3.63) is 89.8 Å². The maximum Gasteiger partial charge on any atom is 0.270 e. The summed E-state index contributed by atoms with van der Waals surface area (Å²) >= 11 is 0. The third-order valence-corrected chi connectivity index (χ3v) is 4.29. The van der Waals surface area contributed by atoms with Gasteiger partial charge in [-0.25, -0.2) is 4.98 Å². The Hall–Kier alpha value is -3.60. The fourth-order valence-electron chi connectivity index (χ4n) is 2.81. The molecule has 5 heteroatoms. The second kappa shape index (κ2) is 7.33. The van der Waals surface area contributed by atoms with Crippen LogP contribution in [-0.4, -0.2) is 10.9 Å². The van der Waals surface area contributed by atoms with Gasteiger partial charge in [-0.3, -0.25) is 4.79 Å². The van der Waals surface area contributed by atoms with Crippen LogP contribution in [-0.2, 0) is 6.54 Å². The minimum Gasteiger partial charge on any atom is -0.464 e. The molecule has 2 aromatic heterocycles. The Bertz CT molecular complexity index is 1070. The number of nitrogens with zero attached hydrogens (tertiary/aromatic N) is 1. The number of amides is 1. The van der Waals surface area contributed by atoms with Crippen LogP contribution in [0.2, 0.25) is 0 Å². The van der Waals surface area contributed by atoms with E-state index in [1.54, 1.807) is 12.3 Å². The molecule has 0 spiro atoms. The van der Waals surface area contributed by atoms with E-state index >= 15 is 0 Å². The van der Waals surface area contributed by atoms with E-state index in [4.69, 9.17) is 4.42 Å². The lowest BCUT2D eigenvalue weighted by Gasteiger charge is -2.10. The summed E-state index contributed by atoms with van der Waals surface area (Å²) in [5.41, 5.74) is 4.04. The topological polar surface area (TPSA) is 67.2 Å². The number of hydrogen-bond donors (Lipinski definition) is 2. The van der Waals surface area contributed by atoms with Crippen molar-refractivity contribution in [2.24, 2.45) is 0 Å². The molecule has 1 amide bonds. The quantitative estimate of drug-likeness (QED) is 0.538. The van der Waals surface area contributed by atoms with Crippen LogP contribution in [0.5, 0.6) is 0 Å². The van der Waals surface area contributed by atoms with Gasteiger partial charge in [0.1, 0.15) is 17.1 Å².